The molecule has 18 heavy (non-hydrogen) atoms. The second-order valence-corrected chi connectivity index (χ2v) is 5.88. The molecule has 0 aliphatic carbocycles. The monoisotopic (exact) mass is 311 g/mol. The maximum atomic E-state index is 3.71. The smallest absolute Gasteiger partial charge is 0.0331 e. The van der Waals surface area contributed by atoms with Gasteiger partial charge in [-0.15, -0.1) is 0 Å². The lowest BCUT2D eigenvalue weighted by atomic mass is 9.99. The predicted molar refractivity (Wildman–Crippen MR) is 84.1 cm³/mol. The second kappa shape index (κ2) is 8.71. The van der Waals surface area contributed by atoms with Gasteiger partial charge in [0.2, 0.25) is 0 Å². The zero-order valence-electron chi connectivity index (χ0n) is 11.9. The van der Waals surface area contributed by atoms with Gasteiger partial charge in [0.25, 0.3) is 0 Å². The molecule has 0 aliphatic rings. The number of hydrogen-bond donors (Lipinski definition) is 1. The molecule has 0 spiro atoms. The van der Waals surface area contributed by atoms with Crippen LogP contribution in [0.15, 0.2) is 22.7 Å². The molecule has 0 aromatic heterocycles. The molecular formula is C16H26BrN. The summed E-state index contributed by atoms with van der Waals surface area (Å²) in [6.07, 6.45) is 6.34. The van der Waals surface area contributed by atoms with E-state index in [0.29, 0.717) is 6.04 Å². The van der Waals surface area contributed by atoms with Gasteiger partial charge < -0.3 is 5.32 Å². The van der Waals surface area contributed by atoms with Gasteiger partial charge in [-0.3, -0.25) is 0 Å². The highest BCUT2D eigenvalue weighted by molar-refractivity contribution is 9.10. The Morgan fingerprint density at radius 1 is 1.17 bits per heavy atom. The largest absolute Gasteiger partial charge is 0.310 e. The molecule has 1 aromatic carbocycles. The SMILES string of the molecule is CCCCCC(NCCC)c1ccc(C)cc1Br. The van der Waals surface area contributed by atoms with Gasteiger partial charge in [0.1, 0.15) is 0 Å². The van der Waals surface area contributed by atoms with Gasteiger partial charge in [-0.2, -0.15) is 0 Å². The van der Waals surface area contributed by atoms with Crippen molar-refractivity contribution in [3.63, 3.8) is 0 Å². The molecule has 102 valence electrons. The first-order chi connectivity index (χ1) is 8.69. The Hall–Kier alpha value is -0.340. The molecule has 0 bridgehead atoms. The summed E-state index contributed by atoms with van der Waals surface area (Å²) >= 11 is 3.71. The van der Waals surface area contributed by atoms with Crippen molar-refractivity contribution in [2.75, 3.05) is 6.54 Å². The third-order valence-corrected chi connectivity index (χ3v) is 3.96. The Labute approximate surface area is 120 Å². The second-order valence-electron chi connectivity index (χ2n) is 5.03. The number of unbranched alkanes of at least 4 members (excludes halogenated alkanes) is 2. The van der Waals surface area contributed by atoms with Gasteiger partial charge in [0.05, 0.1) is 0 Å². The fraction of sp³-hybridized carbons (Fsp3) is 0.625. The van der Waals surface area contributed by atoms with Crippen molar-refractivity contribution >= 4 is 15.9 Å². The predicted octanol–water partition coefficient (Wildman–Crippen LogP) is 5.38. The summed E-state index contributed by atoms with van der Waals surface area (Å²) in [5, 5.41) is 3.67. The number of hydrogen-bond acceptors (Lipinski definition) is 1. The number of rotatable bonds is 8. The van der Waals surface area contributed by atoms with Crippen molar-refractivity contribution in [1.82, 2.24) is 5.32 Å². The highest BCUT2D eigenvalue weighted by Gasteiger charge is 2.13. The van der Waals surface area contributed by atoms with E-state index in [1.54, 1.807) is 0 Å². The summed E-state index contributed by atoms with van der Waals surface area (Å²) in [5.74, 6) is 0. The summed E-state index contributed by atoms with van der Waals surface area (Å²) in [6, 6.07) is 7.18. The van der Waals surface area contributed by atoms with Crippen LogP contribution in [0.25, 0.3) is 0 Å². The lowest BCUT2D eigenvalue weighted by Crippen LogP contribution is -2.22. The standard InChI is InChI=1S/C16H26BrN/c1-4-6-7-8-16(18-11-5-2)14-10-9-13(3)12-15(14)17/h9-10,12,16,18H,4-8,11H2,1-3H3. The van der Waals surface area contributed by atoms with Gasteiger partial charge in [-0.05, 0) is 43.5 Å². The molecule has 1 rings (SSSR count). The minimum Gasteiger partial charge on any atom is -0.310 e. The molecule has 0 aliphatic heterocycles. The normalized spacial score (nSPS) is 12.7. The Balaban J connectivity index is 2.73. The first-order valence-electron chi connectivity index (χ1n) is 7.18. The Bertz CT molecular complexity index is 349. The third-order valence-electron chi connectivity index (χ3n) is 3.27. The summed E-state index contributed by atoms with van der Waals surface area (Å²) in [4.78, 5) is 0. The minimum absolute atomic E-state index is 0.492. The van der Waals surface area contributed by atoms with Crippen molar-refractivity contribution in [2.45, 2.75) is 58.9 Å². The fourth-order valence-corrected chi connectivity index (χ4v) is 2.97. The van der Waals surface area contributed by atoms with Crippen LogP contribution in [0.5, 0.6) is 0 Å². The molecule has 2 heteroatoms. The zero-order chi connectivity index (χ0) is 13.4. The zero-order valence-corrected chi connectivity index (χ0v) is 13.5. The Morgan fingerprint density at radius 2 is 1.94 bits per heavy atom. The Kier molecular flexibility index (Phi) is 7.60. The maximum Gasteiger partial charge on any atom is 0.0331 e. The maximum absolute atomic E-state index is 3.71. The van der Waals surface area contributed by atoms with E-state index < -0.39 is 0 Å². The van der Waals surface area contributed by atoms with Crippen LogP contribution >= 0.6 is 15.9 Å². The van der Waals surface area contributed by atoms with Gasteiger partial charge >= 0.3 is 0 Å². The van der Waals surface area contributed by atoms with Gasteiger partial charge in [-0.25, -0.2) is 0 Å². The van der Waals surface area contributed by atoms with E-state index in [2.05, 4.69) is 60.2 Å². The molecule has 0 fully saturated rings. The van der Waals surface area contributed by atoms with Crippen molar-refractivity contribution in [3.8, 4) is 0 Å². The topological polar surface area (TPSA) is 12.0 Å². The average Bonchev–Trinajstić information content (AvgIpc) is 2.34. The molecule has 1 atom stereocenters. The van der Waals surface area contributed by atoms with Crippen LogP contribution in [0.2, 0.25) is 0 Å². The molecule has 1 aromatic rings. The molecule has 0 saturated carbocycles. The van der Waals surface area contributed by atoms with E-state index in [9.17, 15) is 0 Å². The van der Waals surface area contributed by atoms with Crippen molar-refractivity contribution in [3.05, 3.63) is 33.8 Å². The highest BCUT2D eigenvalue weighted by atomic mass is 79.9. The average molecular weight is 312 g/mol. The van der Waals surface area contributed by atoms with E-state index in [1.807, 2.05) is 0 Å². The van der Waals surface area contributed by atoms with Crippen molar-refractivity contribution in [2.24, 2.45) is 0 Å². The summed E-state index contributed by atoms with van der Waals surface area (Å²) < 4.78 is 1.24. The van der Waals surface area contributed by atoms with E-state index in [-0.39, 0.29) is 0 Å². The minimum atomic E-state index is 0.492. The molecule has 1 nitrogen and oxygen atoms in total. The van der Waals surface area contributed by atoms with E-state index >= 15 is 0 Å². The summed E-state index contributed by atoms with van der Waals surface area (Å²) in [7, 11) is 0. The van der Waals surface area contributed by atoms with Crippen molar-refractivity contribution < 1.29 is 0 Å². The highest BCUT2D eigenvalue weighted by Crippen LogP contribution is 2.28. The number of aryl methyl sites for hydroxylation is 1. The quantitative estimate of drug-likeness (QED) is 0.636. The van der Waals surface area contributed by atoms with Crippen LogP contribution in [0.3, 0.4) is 0 Å². The molecule has 0 radical (unpaired) electrons. The van der Waals surface area contributed by atoms with Crippen LogP contribution in [0, 0.1) is 6.92 Å². The number of benzene rings is 1. The van der Waals surface area contributed by atoms with Gasteiger partial charge in [-0.1, -0.05) is 61.2 Å². The first kappa shape index (κ1) is 15.7. The lowest BCUT2D eigenvalue weighted by Gasteiger charge is -2.20. The third kappa shape index (κ3) is 5.11. The molecular weight excluding hydrogens is 286 g/mol. The molecule has 1 N–H and O–H groups in total. The number of halogens is 1. The van der Waals surface area contributed by atoms with Crippen LogP contribution in [-0.4, -0.2) is 6.54 Å². The van der Waals surface area contributed by atoms with Crippen LogP contribution in [-0.2, 0) is 0 Å². The van der Waals surface area contributed by atoms with E-state index in [4.69, 9.17) is 0 Å². The fourth-order valence-electron chi connectivity index (χ4n) is 2.20. The first-order valence-corrected chi connectivity index (χ1v) is 7.97. The van der Waals surface area contributed by atoms with Crippen LogP contribution in [0.1, 0.15) is 63.1 Å². The van der Waals surface area contributed by atoms with Crippen molar-refractivity contribution in [1.29, 1.82) is 0 Å². The summed E-state index contributed by atoms with van der Waals surface area (Å²) in [5.41, 5.74) is 2.72. The molecule has 1 unspecified atom stereocenters. The summed E-state index contributed by atoms with van der Waals surface area (Å²) in [6.45, 7) is 7.72. The molecule has 0 amide bonds. The number of nitrogens with one attached hydrogen (secondary N) is 1. The lowest BCUT2D eigenvalue weighted by molar-refractivity contribution is 0.473. The Morgan fingerprint density at radius 3 is 2.56 bits per heavy atom. The van der Waals surface area contributed by atoms with Gasteiger partial charge in [0.15, 0.2) is 0 Å². The van der Waals surface area contributed by atoms with Gasteiger partial charge in [0, 0.05) is 10.5 Å². The molecule has 0 saturated heterocycles. The van der Waals surface area contributed by atoms with E-state index in [0.717, 1.165) is 6.54 Å². The van der Waals surface area contributed by atoms with Crippen LogP contribution in [0.4, 0.5) is 0 Å². The van der Waals surface area contributed by atoms with Crippen LogP contribution < -0.4 is 5.32 Å². The van der Waals surface area contributed by atoms with E-state index in [1.165, 1.54) is 47.7 Å². The molecule has 0 heterocycles.